The Labute approximate surface area is 95.3 Å². The van der Waals surface area contributed by atoms with Gasteiger partial charge in [0.15, 0.2) is 0 Å². The Morgan fingerprint density at radius 1 is 1.36 bits per heavy atom. The van der Waals surface area contributed by atoms with Crippen LogP contribution >= 0.6 is 22.9 Å². The van der Waals surface area contributed by atoms with Crippen LogP contribution in [0.15, 0.2) is 17.5 Å². The summed E-state index contributed by atoms with van der Waals surface area (Å²) >= 11 is 8.18. The highest BCUT2D eigenvalue weighted by Crippen LogP contribution is 2.36. The summed E-state index contributed by atoms with van der Waals surface area (Å²) in [6, 6.07) is 4.25. The molecule has 0 saturated heterocycles. The van der Waals surface area contributed by atoms with Gasteiger partial charge >= 0.3 is 0 Å². The second-order valence-corrected chi connectivity index (χ2v) is 5.73. The van der Waals surface area contributed by atoms with E-state index in [1.807, 2.05) is 0 Å². The fourth-order valence-corrected chi connectivity index (χ4v) is 3.50. The van der Waals surface area contributed by atoms with Crippen LogP contribution in [-0.4, -0.2) is 0 Å². The van der Waals surface area contributed by atoms with Crippen molar-refractivity contribution in [1.29, 1.82) is 0 Å². The molecule has 0 bridgehead atoms. The van der Waals surface area contributed by atoms with Gasteiger partial charge in [0.25, 0.3) is 0 Å². The van der Waals surface area contributed by atoms with Gasteiger partial charge in [0.1, 0.15) is 0 Å². The molecule has 14 heavy (non-hydrogen) atoms. The number of hydrogen-bond acceptors (Lipinski definition) is 1. The smallest absolute Gasteiger partial charge is 0.0681 e. The Balaban J connectivity index is 1.84. The molecule has 1 aromatic rings. The third-order valence-corrected chi connectivity index (χ3v) is 4.65. The Kier molecular flexibility index (Phi) is 3.89. The van der Waals surface area contributed by atoms with Crippen LogP contribution in [0.5, 0.6) is 0 Å². The molecule has 1 aliphatic carbocycles. The first-order valence-corrected chi connectivity index (χ1v) is 6.85. The zero-order chi connectivity index (χ0) is 9.80. The van der Waals surface area contributed by atoms with Gasteiger partial charge in [-0.2, -0.15) is 0 Å². The van der Waals surface area contributed by atoms with E-state index in [1.165, 1.54) is 43.4 Å². The summed E-state index contributed by atoms with van der Waals surface area (Å²) in [6.07, 6.45) is 8.24. The number of rotatable bonds is 3. The molecule has 1 saturated carbocycles. The largest absolute Gasteiger partial charge is 0.147 e. The zero-order valence-corrected chi connectivity index (χ0v) is 9.99. The van der Waals surface area contributed by atoms with E-state index in [0.717, 1.165) is 5.92 Å². The van der Waals surface area contributed by atoms with Gasteiger partial charge in [-0.3, -0.25) is 0 Å². The van der Waals surface area contributed by atoms with Gasteiger partial charge in [-0.25, -0.2) is 0 Å². The lowest BCUT2D eigenvalue weighted by Crippen LogP contribution is -2.08. The highest BCUT2D eigenvalue weighted by Gasteiger charge is 2.18. The van der Waals surface area contributed by atoms with Crippen LogP contribution in [0.25, 0.3) is 0 Å². The van der Waals surface area contributed by atoms with Gasteiger partial charge in [0.2, 0.25) is 0 Å². The van der Waals surface area contributed by atoms with Gasteiger partial charge in [-0.15, -0.1) is 22.9 Å². The van der Waals surface area contributed by atoms with Crippen LogP contribution in [0.4, 0.5) is 0 Å². The van der Waals surface area contributed by atoms with Crippen LogP contribution in [0.1, 0.15) is 48.8 Å². The van der Waals surface area contributed by atoms with Crippen molar-refractivity contribution < 1.29 is 0 Å². The van der Waals surface area contributed by atoms with Crippen LogP contribution in [0, 0.1) is 5.92 Å². The van der Waals surface area contributed by atoms with E-state index in [-0.39, 0.29) is 5.38 Å². The van der Waals surface area contributed by atoms with Crippen LogP contribution in [0.3, 0.4) is 0 Å². The molecule has 1 heterocycles. The molecule has 1 fully saturated rings. The highest BCUT2D eigenvalue weighted by molar-refractivity contribution is 7.10. The molecule has 0 spiro atoms. The predicted molar refractivity (Wildman–Crippen MR) is 64.1 cm³/mol. The molecule has 0 nitrogen and oxygen atoms in total. The van der Waals surface area contributed by atoms with Crippen molar-refractivity contribution in [3.63, 3.8) is 0 Å². The second-order valence-electron chi connectivity index (χ2n) is 4.22. The minimum absolute atomic E-state index is 0.262. The molecule has 0 N–H and O–H groups in total. The molecule has 1 aliphatic rings. The Hall–Kier alpha value is -0.0100. The molecule has 2 heteroatoms. The molecule has 1 aromatic heterocycles. The van der Waals surface area contributed by atoms with Crippen molar-refractivity contribution in [2.45, 2.75) is 43.9 Å². The maximum Gasteiger partial charge on any atom is 0.0681 e. The average Bonchev–Trinajstić information content (AvgIpc) is 2.72. The van der Waals surface area contributed by atoms with E-state index in [2.05, 4.69) is 17.5 Å². The molecule has 0 aliphatic heterocycles. The monoisotopic (exact) mass is 228 g/mol. The molecule has 1 unspecified atom stereocenters. The van der Waals surface area contributed by atoms with Crippen molar-refractivity contribution in [1.82, 2.24) is 0 Å². The molecule has 0 aromatic carbocycles. The molecule has 2 rings (SSSR count). The van der Waals surface area contributed by atoms with Crippen molar-refractivity contribution >= 4 is 22.9 Å². The quantitative estimate of drug-likeness (QED) is 0.639. The van der Waals surface area contributed by atoms with Crippen LogP contribution in [-0.2, 0) is 0 Å². The average molecular weight is 229 g/mol. The maximum atomic E-state index is 6.39. The summed E-state index contributed by atoms with van der Waals surface area (Å²) in [6.45, 7) is 0. The van der Waals surface area contributed by atoms with Crippen LogP contribution < -0.4 is 0 Å². The minimum Gasteiger partial charge on any atom is -0.147 e. The third kappa shape index (κ3) is 2.74. The predicted octanol–water partition coefficient (Wildman–Crippen LogP) is 5.00. The normalized spacial score (nSPS) is 20.9. The van der Waals surface area contributed by atoms with Gasteiger partial charge < -0.3 is 0 Å². The summed E-state index contributed by atoms with van der Waals surface area (Å²) in [5.74, 6) is 0.883. The van der Waals surface area contributed by atoms with E-state index in [1.54, 1.807) is 11.3 Å². The molecular formula is C12H17ClS. The lowest BCUT2D eigenvalue weighted by atomic mass is 9.86. The lowest BCUT2D eigenvalue weighted by Gasteiger charge is -2.23. The number of alkyl halides is 1. The van der Waals surface area contributed by atoms with E-state index in [0.29, 0.717) is 0 Å². The lowest BCUT2D eigenvalue weighted by molar-refractivity contribution is 0.337. The third-order valence-electron chi connectivity index (χ3n) is 3.12. The summed E-state index contributed by atoms with van der Waals surface area (Å²) in [4.78, 5) is 1.34. The van der Waals surface area contributed by atoms with Gasteiger partial charge in [-0.05, 0) is 23.8 Å². The van der Waals surface area contributed by atoms with Crippen LogP contribution in [0.2, 0.25) is 0 Å². The van der Waals surface area contributed by atoms with E-state index >= 15 is 0 Å². The molecule has 1 atom stereocenters. The standard InChI is InChI=1S/C12H17ClS/c13-11(12-7-4-8-14-12)9-10-5-2-1-3-6-10/h4,7-8,10-11H,1-3,5-6,9H2. The maximum absolute atomic E-state index is 6.39. The van der Waals surface area contributed by atoms with Crippen molar-refractivity contribution in [2.24, 2.45) is 5.92 Å². The fourth-order valence-electron chi connectivity index (χ4n) is 2.30. The van der Waals surface area contributed by atoms with Gasteiger partial charge in [0, 0.05) is 4.88 Å². The Morgan fingerprint density at radius 3 is 2.79 bits per heavy atom. The summed E-state index contributed by atoms with van der Waals surface area (Å²) in [5, 5.41) is 2.38. The summed E-state index contributed by atoms with van der Waals surface area (Å²) in [7, 11) is 0. The number of thiophene rings is 1. The SMILES string of the molecule is ClC(CC1CCCCC1)c1cccs1. The van der Waals surface area contributed by atoms with Crippen molar-refractivity contribution in [3.05, 3.63) is 22.4 Å². The number of hydrogen-bond donors (Lipinski definition) is 0. The molecule has 0 radical (unpaired) electrons. The molecule has 0 amide bonds. The first-order chi connectivity index (χ1) is 6.86. The van der Waals surface area contributed by atoms with E-state index in [9.17, 15) is 0 Å². The van der Waals surface area contributed by atoms with Crippen molar-refractivity contribution in [2.75, 3.05) is 0 Å². The van der Waals surface area contributed by atoms with E-state index in [4.69, 9.17) is 11.6 Å². The molecule has 78 valence electrons. The summed E-state index contributed by atoms with van der Waals surface area (Å²) < 4.78 is 0. The molecular weight excluding hydrogens is 212 g/mol. The topological polar surface area (TPSA) is 0 Å². The van der Waals surface area contributed by atoms with Gasteiger partial charge in [-0.1, -0.05) is 38.2 Å². The zero-order valence-electron chi connectivity index (χ0n) is 8.42. The minimum atomic E-state index is 0.262. The second kappa shape index (κ2) is 5.18. The van der Waals surface area contributed by atoms with Crippen molar-refractivity contribution in [3.8, 4) is 0 Å². The first kappa shape index (κ1) is 10.5. The highest BCUT2D eigenvalue weighted by atomic mass is 35.5. The van der Waals surface area contributed by atoms with Gasteiger partial charge in [0.05, 0.1) is 5.38 Å². The van der Waals surface area contributed by atoms with E-state index < -0.39 is 0 Å². The first-order valence-electron chi connectivity index (χ1n) is 5.54. The Bertz CT molecular complexity index is 249. The fraction of sp³-hybridized carbons (Fsp3) is 0.667. The summed E-state index contributed by atoms with van der Waals surface area (Å²) in [5.41, 5.74) is 0. The Morgan fingerprint density at radius 2 is 2.14 bits per heavy atom. The number of halogens is 1.